The van der Waals surface area contributed by atoms with Gasteiger partial charge in [0.1, 0.15) is 0 Å². The van der Waals surface area contributed by atoms with E-state index in [1.165, 1.54) is 6.42 Å². The second-order valence-electron chi connectivity index (χ2n) is 2.75. The third-order valence-corrected chi connectivity index (χ3v) is 1.61. The molecule has 0 fully saturated rings. The standard InChI is InChI=1S/C10H11N2O2/c11-10(14)12-9(13)7-6-8-4-2-1-3-5-8/h1-5,7H,6H2,(H3,11,12,13,14). The van der Waals surface area contributed by atoms with Crippen LogP contribution in [0, 0.1) is 6.42 Å². The van der Waals surface area contributed by atoms with Crippen molar-refractivity contribution in [2.75, 3.05) is 0 Å². The summed E-state index contributed by atoms with van der Waals surface area (Å²) in [6.07, 6.45) is 1.86. The smallest absolute Gasteiger partial charge is 0.318 e. The Morgan fingerprint density at radius 1 is 1.29 bits per heavy atom. The van der Waals surface area contributed by atoms with Gasteiger partial charge in [-0.05, 0) is 12.0 Å². The molecule has 0 aliphatic heterocycles. The fraction of sp³-hybridized carbons (Fsp3) is 0.100. The number of imide groups is 1. The first-order chi connectivity index (χ1) is 6.68. The molecule has 0 aliphatic carbocycles. The Morgan fingerprint density at radius 3 is 2.50 bits per heavy atom. The number of benzene rings is 1. The lowest BCUT2D eigenvalue weighted by molar-refractivity contribution is -0.116. The zero-order chi connectivity index (χ0) is 10.4. The average Bonchev–Trinajstić information content (AvgIpc) is 2.15. The zero-order valence-corrected chi connectivity index (χ0v) is 7.57. The molecule has 1 radical (unpaired) electrons. The first-order valence-electron chi connectivity index (χ1n) is 4.16. The summed E-state index contributed by atoms with van der Waals surface area (Å²) in [6, 6.07) is 8.62. The Hall–Kier alpha value is -1.84. The molecule has 0 aromatic heterocycles. The largest absolute Gasteiger partial charge is 0.351 e. The summed E-state index contributed by atoms with van der Waals surface area (Å²) in [7, 11) is 0. The van der Waals surface area contributed by atoms with Gasteiger partial charge in [-0.3, -0.25) is 10.1 Å². The highest BCUT2D eigenvalue weighted by Gasteiger charge is 2.04. The molecule has 0 heterocycles. The predicted octanol–water partition coefficient (Wildman–Crippen LogP) is 0.628. The Balaban J connectivity index is 2.34. The van der Waals surface area contributed by atoms with Crippen LogP contribution in [-0.4, -0.2) is 11.9 Å². The molecular formula is C10H11N2O2. The van der Waals surface area contributed by atoms with E-state index >= 15 is 0 Å². The number of rotatable bonds is 3. The molecule has 0 saturated heterocycles. The summed E-state index contributed by atoms with van der Waals surface area (Å²) < 4.78 is 0. The summed E-state index contributed by atoms with van der Waals surface area (Å²) in [6.45, 7) is 0. The lowest BCUT2D eigenvalue weighted by Gasteiger charge is -2.00. The molecule has 0 unspecified atom stereocenters. The van der Waals surface area contributed by atoms with E-state index in [2.05, 4.69) is 0 Å². The molecule has 1 aromatic rings. The highest BCUT2D eigenvalue weighted by molar-refractivity contribution is 5.98. The third kappa shape index (κ3) is 3.71. The van der Waals surface area contributed by atoms with E-state index in [4.69, 9.17) is 5.73 Å². The third-order valence-electron chi connectivity index (χ3n) is 1.61. The highest BCUT2D eigenvalue weighted by Crippen LogP contribution is 2.00. The summed E-state index contributed by atoms with van der Waals surface area (Å²) >= 11 is 0. The molecule has 3 amide bonds. The van der Waals surface area contributed by atoms with Crippen LogP contribution in [-0.2, 0) is 11.2 Å². The summed E-state index contributed by atoms with van der Waals surface area (Å²) in [5.74, 6) is -0.471. The van der Waals surface area contributed by atoms with Gasteiger partial charge >= 0.3 is 6.03 Å². The Bertz CT molecular complexity index is 322. The first-order valence-corrected chi connectivity index (χ1v) is 4.16. The van der Waals surface area contributed by atoms with Crippen molar-refractivity contribution in [2.24, 2.45) is 5.73 Å². The minimum Gasteiger partial charge on any atom is -0.351 e. The molecule has 0 atom stereocenters. The van der Waals surface area contributed by atoms with Crippen LogP contribution in [0.1, 0.15) is 5.56 Å². The van der Waals surface area contributed by atoms with Crippen molar-refractivity contribution in [3.05, 3.63) is 42.3 Å². The average molecular weight is 191 g/mol. The summed E-state index contributed by atoms with van der Waals surface area (Å²) in [4.78, 5) is 21.3. The maximum absolute atomic E-state index is 11.0. The SMILES string of the molecule is NC(=O)NC(=O)[CH]Cc1ccccc1. The van der Waals surface area contributed by atoms with E-state index in [-0.39, 0.29) is 0 Å². The second kappa shape index (κ2) is 5.01. The molecule has 0 saturated carbocycles. The Kier molecular flexibility index (Phi) is 3.67. The molecule has 0 aliphatic rings. The molecule has 73 valence electrons. The van der Waals surface area contributed by atoms with Crippen molar-refractivity contribution < 1.29 is 9.59 Å². The zero-order valence-electron chi connectivity index (χ0n) is 7.57. The van der Waals surface area contributed by atoms with Crippen molar-refractivity contribution in [2.45, 2.75) is 6.42 Å². The monoisotopic (exact) mass is 191 g/mol. The van der Waals surface area contributed by atoms with Gasteiger partial charge in [-0.2, -0.15) is 0 Å². The van der Waals surface area contributed by atoms with Crippen LogP contribution < -0.4 is 11.1 Å². The number of amides is 3. The number of nitrogens with two attached hydrogens (primary N) is 1. The van der Waals surface area contributed by atoms with Crippen LogP contribution in [0.5, 0.6) is 0 Å². The van der Waals surface area contributed by atoms with E-state index < -0.39 is 11.9 Å². The van der Waals surface area contributed by atoms with E-state index in [0.717, 1.165) is 5.56 Å². The van der Waals surface area contributed by atoms with Crippen molar-refractivity contribution >= 4 is 11.9 Å². The molecule has 1 aromatic carbocycles. The van der Waals surface area contributed by atoms with Crippen LogP contribution in [0.2, 0.25) is 0 Å². The number of primary amides is 1. The number of carbonyl (C=O) groups is 2. The number of hydrogen-bond donors (Lipinski definition) is 2. The minimum absolute atomic E-state index is 0.471. The van der Waals surface area contributed by atoms with Gasteiger partial charge in [-0.15, -0.1) is 0 Å². The molecular weight excluding hydrogens is 180 g/mol. The first kappa shape index (κ1) is 10.2. The van der Waals surface area contributed by atoms with Gasteiger partial charge in [0.05, 0.1) is 6.42 Å². The van der Waals surface area contributed by atoms with Gasteiger partial charge in [0, 0.05) is 0 Å². The number of carbonyl (C=O) groups excluding carboxylic acids is 2. The van der Waals surface area contributed by atoms with Crippen molar-refractivity contribution in [3.63, 3.8) is 0 Å². The van der Waals surface area contributed by atoms with Crippen LogP contribution in [0.25, 0.3) is 0 Å². The van der Waals surface area contributed by atoms with E-state index in [9.17, 15) is 9.59 Å². The molecule has 0 bridgehead atoms. The second-order valence-corrected chi connectivity index (χ2v) is 2.75. The molecule has 4 heteroatoms. The normalized spacial score (nSPS) is 9.43. The molecule has 0 spiro atoms. The van der Waals surface area contributed by atoms with Gasteiger partial charge in [-0.25, -0.2) is 4.79 Å². The van der Waals surface area contributed by atoms with Crippen LogP contribution >= 0.6 is 0 Å². The summed E-state index contributed by atoms with van der Waals surface area (Å²) in [5.41, 5.74) is 5.78. The van der Waals surface area contributed by atoms with Crippen molar-refractivity contribution in [3.8, 4) is 0 Å². The molecule has 3 N–H and O–H groups in total. The van der Waals surface area contributed by atoms with Gasteiger partial charge in [-0.1, -0.05) is 30.3 Å². The van der Waals surface area contributed by atoms with Gasteiger partial charge in [0.25, 0.3) is 0 Å². The lowest BCUT2D eigenvalue weighted by Crippen LogP contribution is -2.35. The topological polar surface area (TPSA) is 72.2 Å². The van der Waals surface area contributed by atoms with Crippen LogP contribution in [0.3, 0.4) is 0 Å². The van der Waals surface area contributed by atoms with E-state index in [1.54, 1.807) is 0 Å². The van der Waals surface area contributed by atoms with Crippen molar-refractivity contribution in [1.82, 2.24) is 5.32 Å². The number of hydrogen-bond acceptors (Lipinski definition) is 2. The van der Waals surface area contributed by atoms with E-state index in [0.29, 0.717) is 6.42 Å². The Morgan fingerprint density at radius 2 is 1.93 bits per heavy atom. The van der Waals surface area contributed by atoms with E-state index in [1.807, 2.05) is 35.6 Å². The summed E-state index contributed by atoms with van der Waals surface area (Å²) in [5, 5.41) is 1.96. The number of urea groups is 1. The number of nitrogens with one attached hydrogen (secondary N) is 1. The van der Waals surface area contributed by atoms with Gasteiger partial charge in [0.15, 0.2) is 0 Å². The fourth-order valence-corrected chi connectivity index (χ4v) is 0.997. The fourth-order valence-electron chi connectivity index (χ4n) is 0.997. The minimum atomic E-state index is -0.834. The maximum atomic E-state index is 11.0. The highest BCUT2D eigenvalue weighted by atomic mass is 16.2. The molecule has 4 nitrogen and oxygen atoms in total. The lowest BCUT2D eigenvalue weighted by atomic mass is 10.1. The predicted molar refractivity (Wildman–Crippen MR) is 52.2 cm³/mol. The van der Waals surface area contributed by atoms with Crippen LogP contribution in [0.15, 0.2) is 30.3 Å². The Labute approximate surface area is 82.1 Å². The quantitative estimate of drug-likeness (QED) is 0.735. The molecule has 14 heavy (non-hydrogen) atoms. The maximum Gasteiger partial charge on any atom is 0.318 e. The van der Waals surface area contributed by atoms with Crippen molar-refractivity contribution in [1.29, 1.82) is 0 Å². The van der Waals surface area contributed by atoms with Gasteiger partial charge in [0.2, 0.25) is 5.91 Å². The van der Waals surface area contributed by atoms with Gasteiger partial charge < -0.3 is 5.73 Å². The molecule has 1 rings (SSSR count). The van der Waals surface area contributed by atoms with Crippen LogP contribution in [0.4, 0.5) is 4.79 Å².